The van der Waals surface area contributed by atoms with Crippen LogP contribution >= 0.6 is 0 Å². The Balaban J connectivity index is 2.89. The molecule has 0 spiro atoms. The lowest BCUT2D eigenvalue weighted by atomic mass is 10.1. The highest BCUT2D eigenvalue weighted by atomic mass is 16.3. The van der Waals surface area contributed by atoms with Gasteiger partial charge < -0.3 is 10.2 Å². The Morgan fingerprint density at radius 1 is 1.27 bits per heavy atom. The van der Waals surface area contributed by atoms with Crippen LogP contribution in [-0.4, -0.2) is 10.2 Å². The molecule has 0 unspecified atom stereocenters. The SMILES string of the molecule is C=C[C@@H](O)c1ccc(O)cc1. The molecule has 1 aromatic carbocycles. The van der Waals surface area contributed by atoms with Crippen LogP contribution in [0.5, 0.6) is 5.75 Å². The van der Waals surface area contributed by atoms with Crippen LogP contribution in [0.1, 0.15) is 11.7 Å². The third-order valence-electron chi connectivity index (χ3n) is 1.46. The first-order valence-corrected chi connectivity index (χ1v) is 3.33. The number of aliphatic hydroxyl groups is 1. The summed E-state index contributed by atoms with van der Waals surface area (Å²) in [6.45, 7) is 3.45. The molecule has 2 heteroatoms. The minimum absolute atomic E-state index is 0.199. The minimum Gasteiger partial charge on any atom is -0.508 e. The van der Waals surface area contributed by atoms with Gasteiger partial charge in [-0.15, -0.1) is 6.58 Å². The number of phenols is 1. The quantitative estimate of drug-likeness (QED) is 0.629. The second-order valence-electron chi connectivity index (χ2n) is 2.27. The van der Waals surface area contributed by atoms with E-state index in [1.165, 1.54) is 18.2 Å². The Labute approximate surface area is 65.4 Å². The molecule has 0 saturated heterocycles. The summed E-state index contributed by atoms with van der Waals surface area (Å²) in [5.74, 6) is 0.199. The van der Waals surface area contributed by atoms with E-state index in [0.29, 0.717) is 0 Å². The van der Waals surface area contributed by atoms with Gasteiger partial charge in [0.1, 0.15) is 5.75 Å². The molecule has 11 heavy (non-hydrogen) atoms. The fraction of sp³-hybridized carbons (Fsp3) is 0.111. The molecule has 0 aromatic heterocycles. The van der Waals surface area contributed by atoms with E-state index in [4.69, 9.17) is 5.11 Å². The van der Waals surface area contributed by atoms with E-state index in [1.807, 2.05) is 0 Å². The average molecular weight is 150 g/mol. The Kier molecular flexibility index (Phi) is 2.28. The third-order valence-corrected chi connectivity index (χ3v) is 1.46. The van der Waals surface area contributed by atoms with E-state index < -0.39 is 6.10 Å². The lowest BCUT2D eigenvalue weighted by molar-refractivity contribution is 0.229. The molecule has 1 atom stereocenters. The zero-order valence-corrected chi connectivity index (χ0v) is 6.07. The van der Waals surface area contributed by atoms with Crippen molar-refractivity contribution in [2.45, 2.75) is 6.10 Å². The molecule has 0 fully saturated rings. The highest BCUT2D eigenvalue weighted by molar-refractivity contribution is 5.28. The first-order chi connectivity index (χ1) is 5.24. The topological polar surface area (TPSA) is 40.5 Å². The van der Waals surface area contributed by atoms with Gasteiger partial charge in [-0.25, -0.2) is 0 Å². The van der Waals surface area contributed by atoms with E-state index in [-0.39, 0.29) is 5.75 Å². The van der Waals surface area contributed by atoms with Gasteiger partial charge in [-0.05, 0) is 17.7 Å². The maximum Gasteiger partial charge on any atom is 0.115 e. The fourth-order valence-corrected chi connectivity index (χ4v) is 0.808. The van der Waals surface area contributed by atoms with Crippen molar-refractivity contribution < 1.29 is 10.2 Å². The van der Waals surface area contributed by atoms with E-state index in [2.05, 4.69) is 6.58 Å². The smallest absolute Gasteiger partial charge is 0.115 e. The van der Waals surface area contributed by atoms with Gasteiger partial charge in [0.25, 0.3) is 0 Å². The van der Waals surface area contributed by atoms with E-state index >= 15 is 0 Å². The highest BCUT2D eigenvalue weighted by Crippen LogP contribution is 2.16. The fourth-order valence-electron chi connectivity index (χ4n) is 0.808. The molecule has 2 N–H and O–H groups in total. The Bertz CT molecular complexity index is 238. The summed E-state index contributed by atoms with van der Waals surface area (Å²) in [5.41, 5.74) is 0.734. The van der Waals surface area contributed by atoms with Crippen LogP contribution < -0.4 is 0 Å². The number of rotatable bonds is 2. The van der Waals surface area contributed by atoms with Crippen LogP contribution in [0.2, 0.25) is 0 Å². The largest absolute Gasteiger partial charge is 0.508 e. The molecule has 0 amide bonds. The lowest BCUT2D eigenvalue weighted by Crippen LogP contribution is -1.90. The first kappa shape index (κ1) is 7.82. The molecule has 1 rings (SSSR count). The van der Waals surface area contributed by atoms with Gasteiger partial charge in [0, 0.05) is 0 Å². The molecule has 0 saturated carbocycles. The molecular weight excluding hydrogens is 140 g/mol. The molecule has 2 nitrogen and oxygen atoms in total. The number of hydrogen-bond donors (Lipinski definition) is 2. The van der Waals surface area contributed by atoms with Crippen LogP contribution in [0.3, 0.4) is 0 Å². The van der Waals surface area contributed by atoms with Gasteiger partial charge in [-0.3, -0.25) is 0 Å². The van der Waals surface area contributed by atoms with Crippen molar-refractivity contribution in [1.82, 2.24) is 0 Å². The summed E-state index contributed by atoms with van der Waals surface area (Å²) in [6.07, 6.45) is 0.794. The Morgan fingerprint density at radius 3 is 2.27 bits per heavy atom. The molecule has 0 aliphatic rings. The maximum atomic E-state index is 9.22. The van der Waals surface area contributed by atoms with Crippen LogP contribution in [0.25, 0.3) is 0 Å². The van der Waals surface area contributed by atoms with Crippen molar-refractivity contribution in [2.75, 3.05) is 0 Å². The summed E-state index contributed by atoms with van der Waals surface area (Å²) in [7, 11) is 0. The molecule has 58 valence electrons. The molecule has 0 aliphatic carbocycles. The number of aliphatic hydroxyl groups excluding tert-OH is 1. The van der Waals surface area contributed by atoms with Gasteiger partial charge in [0.15, 0.2) is 0 Å². The molecule has 0 aliphatic heterocycles. The number of benzene rings is 1. The first-order valence-electron chi connectivity index (χ1n) is 3.33. The molecule has 1 aromatic rings. The van der Waals surface area contributed by atoms with Gasteiger partial charge >= 0.3 is 0 Å². The standard InChI is InChI=1S/C9H10O2/c1-2-9(11)7-3-5-8(10)6-4-7/h2-6,9-11H,1H2/t9-/m1/s1. The van der Waals surface area contributed by atoms with E-state index in [9.17, 15) is 5.11 Å². The maximum absolute atomic E-state index is 9.22. The normalized spacial score (nSPS) is 12.5. The van der Waals surface area contributed by atoms with Crippen molar-refractivity contribution >= 4 is 0 Å². The highest BCUT2D eigenvalue weighted by Gasteiger charge is 2.00. The van der Waals surface area contributed by atoms with E-state index in [1.54, 1.807) is 12.1 Å². The van der Waals surface area contributed by atoms with Crippen LogP contribution in [0.15, 0.2) is 36.9 Å². The summed E-state index contributed by atoms with van der Waals surface area (Å²) in [4.78, 5) is 0. The third kappa shape index (κ3) is 1.82. The van der Waals surface area contributed by atoms with Crippen molar-refractivity contribution in [3.63, 3.8) is 0 Å². The van der Waals surface area contributed by atoms with E-state index in [0.717, 1.165) is 5.56 Å². The summed E-state index contributed by atoms with van der Waals surface area (Å²) < 4.78 is 0. The zero-order valence-electron chi connectivity index (χ0n) is 6.07. The second-order valence-corrected chi connectivity index (χ2v) is 2.27. The summed E-state index contributed by atoms with van der Waals surface area (Å²) >= 11 is 0. The Hall–Kier alpha value is -1.28. The van der Waals surface area contributed by atoms with Gasteiger partial charge in [0.05, 0.1) is 6.10 Å². The average Bonchev–Trinajstić information content (AvgIpc) is 2.05. The predicted octanol–water partition coefficient (Wildman–Crippen LogP) is 1.61. The minimum atomic E-state index is -0.643. The number of hydrogen-bond acceptors (Lipinski definition) is 2. The van der Waals surface area contributed by atoms with Crippen molar-refractivity contribution in [1.29, 1.82) is 0 Å². The van der Waals surface area contributed by atoms with Crippen molar-refractivity contribution in [3.05, 3.63) is 42.5 Å². The van der Waals surface area contributed by atoms with Crippen molar-refractivity contribution in [3.8, 4) is 5.75 Å². The predicted molar refractivity (Wildman–Crippen MR) is 43.3 cm³/mol. The summed E-state index contributed by atoms with van der Waals surface area (Å²) in [5, 5.41) is 18.1. The van der Waals surface area contributed by atoms with Crippen LogP contribution in [-0.2, 0) is 0 Å². The Morgan fingerprint density at radius 2 is 1.82 bits per heavy atom. The van der Waals surface area contributed by atoms with Gasteiger partial charge in [0.2, 0.25) is 0 Å². The molecule has 0 bridgehead atoms. The van der Waals surface area contributed by atoms with Crippen molar-refractivity contribution in [2.24, 2.45) is 0 Å². The summed E-state index contributed by atoms with van der Waals surface area (Å²) in [6, 6.07) is 6.37. The number of phenolic OH excluding ortho intramolecular Hbond substituents is 1. The molecular formula is C9H10O2. The molecule has 0 radical (unpaired) electrons. The lowest BCUT2D eigenvalue weighted by Gasteiger charge is -2.03. The van der Waals surface area contributed by atoms with Crippen LogP contribution in [0.4, 0.5) is 0 Å². The zero-order chi connectivity index (χ0) is 8.27. The van der Waals surface area contributed by atoms with Crippen LogP contribution in [0, 0.1) is 0 Å². The molecule has 0 heterocycles. The van der Waals surface area contributed by atoms with Gasteiger partial charge in [-0.2, -0.15) is 0 Å². The number of aromatic hydroxyl groups is 1. The monoisotopic (exact) mass is 150 g/mol. The van der Waals surface area contributed by atoms with Gasteiger partial charge in [-0.1, -0.05) is 18.2 Å². The second kappa shape index (κ2) is 3.21.